The van der Waals surface area contributed by atoms with E-state index in [2.05, 4.69) is 0 Å². The molecule has 136 valence electrons. The van der Waals surface area contributed by atoms with Gasteiger partial charge in [-0.25, -0.2) is 0 Å². The maximum absolute atomic E-state index is 10.00. The quantitative estimate of drug-likeness (QED) is 0.790. The summed E-state index contributed by atoms with van der Waals surface area (Å²) in [5.74, 6) is 2.59. The minimum atomic E-state index is 0.00142. The van der Waals surface area contributed by atoms with E-state index in [1.54, 1.807) is 33.5 Å². The summed E-state index contributed by atoms with van der Waals surface area (Å²) < 4.78 is 26.5. The Balaban J connectivity index is 2.27. The van der Waals surface area contributed by atoms with Crippen molar-refractivity contribution in [2.24, 2.45) is 0 Å². The van der Waals surface area contributed by atoms with Gasteiger partial charge in [-0.2, -0.15) is 0 Å². The molecule has 0 saturated carbocycles. The van der Waals surface area contributed by atoms with Gasteiger partial charge in [-0.15, -0.1) is 0 Å². The molecule has 6 heteroatoms. The highest BCUT2D eigenvalue weighted by molar-refractivity contribution is 5.55. The molecule has 2 rings (SSSR count). The van der Waals surface area contributed by atoms with Gasteiger partial charge in [0.2, 0.25) is 11.5 Å². The lowest BCUT2D eigenvalue weighted by Crippen LogP contribution is -1.99. The van der Waals surface area contributed by atoms with Gasteiger partial charge in [-0.1, -0.05) is 0 Å². The highest BCUT2D eigenvalue weighted by atomic mass is 16.5. The van der Waals surface area contributed by atoms with Gasteiger partial charge in [0.05, 0.1) is 35.5 Å². The fourth-order valence-electron chi connectivity index (χ4n) is 2.66. The van der Waals surface area contributed by atoms with Crippen LogP contribution in [0.1, 0.15) is 11.1 Å². The van der Waals surface area contributed by atoms with Crippen molar-refractivity contribution in [3.05, 3.63) is 35.4 Å². The van der Waals surface area contributed by atoms with Crippen LogP contribution in [0.4, 0.5) is 0 Å². The Labute approximate surface area is 147 Å². The van der Waals surface area contributed by atoms with E-state index in [0.717, 1.165) is 24.0 Å². The zero-order chi connectivity index (χ0) is 18.4. The standard InChI is InChI=1S/C19H24O6/c1-21-14-8-12(9-15(22-2)18(14)20)6-7-13-10-16(23-3)19(25-5)17(11-13)24-4/h8-11,20H,6-7H2,1-5H3. The van der Waals surface area contributed by atoms with Gasteiger partial charge in [0, 0.05) is 0 Å². The normalized spacial score (nSPS) is 10.3. The molecule has 0 fully saturated rings. The number of benzene rings is 2. The first-order valence-electron chi connectivity index (χ1n) is 7.80. The third kappa shape index (κ3) is 4.02. The van der Waals surface area contributed by atoms with Crippen LogP contribution >= 0.6 is 0 Å². The topological polar surface area (TPSA) is 66.4 Å². The molecule has 0 radical (unpaired) electrons. The Morgan fingerprint density at radius 1 is 0.600 bits per heavy atom. The van der Waals surface area contributed by atoms with Gasteiger partial charge in [0.25, 0.3) is 0 Å². The van der Waals surface area contributed by atoms with Gasteiger partial charge < -0.3 is 28.8 Å². The van der Waals surface area contributed by atoms with Crippen LogP contribution < -0.4 is 23.7 Å². The number of aromatic hydroxyl groups is 1. The van der Waals surface area contributed by atoms with Crippen LogP contribution in [0.2, 0.25) is 0 Å². The molecule has 6 nitrogen and oxygen atoms in total. The van der Waals surface area contributed by atoms with Gasteiger partial charge in [0.15, 0.2) is 23.0 Å². The average Bonchev–Trinajstić information content (AvgIpc) is 2.65. The zero-order valence-electron chi connectivity index (χ0n) is 15.2. The Bertz CT molecular complexity index is 676. The van der Waals surface area contributed by atoms with Crippen LogP contribution in [0.15, 0.2) is 24.3 Å². The Morgan fingerprint density at radius 3 is 1.28 bits per heavy atom. The molecule has 0 atom stereocenters. The largest absolute Gasteiger partial charge is 0.502 e. The highest BCUT2D eigenvalue weighted by Gasteiger charge is 2.14. The van der Waals surface area contributed by atoms with E-state index in [-0.39, 0.29) is 5.75 Å². The molecule has 0 aliphatic rings. The van der Waals surface area contributed by atoms with Crippen molar-refractivity contribution >= 4 is 0 Å². The number of aryl methyl sites for hydroxylation is 2. The molecule has 0 heterocycles. The van der Waals surface area contributed by atoms with Crippen LogP contribution in [-0.4, -0.2) is 40.7 Å². The molecule has 2 aromatic rings. The minimum absolute atomic E-state index is 0.00142. The van der Waals surface area contributed by atoms with E-state index in [4.69, 9.17) is 23.7 Å². The third-order valence-electron chi connectivity index (χ3n) is 3.97. The molecule has 0 aliphatic carbocycles. The van der Waals surface area contributed by atoms with Crippen molar-refractivity contribution < 1.29 is 28.8 Å². The van der Waals surface area contributed by atoms with E-state index < -0.39 is 0 Å². The van der Waals surface area contributed by atoms with Crippen molar-refractivity contribution in [1.29, 1.82) is 0 Å². The number of phenols is 1. The van der Waals surface area contributed by atoms with E-state index in [9.17, 15) is 5.11 Å². The molecule has 0 bridgehead atoms. The van der Waals surface area contributed by atoms with E-state index in [1.807, 2.05) is 12.1 Å². The Hall–Kier alpha value is -2.76. The first kappa shape index (κ1) is 18.6. The second-order valence-corrected chi connectivity index (χ2v) is 5.38. The fourth-order valence-corrected chi connectivity index (χ4v) is 2.66. The average molecular weight is 348 g/mol. The third-order valence-corrected chi connectivity index (χ3v) is 3.97. The maximum atomic E-state index is 10.00. The zero-order valence-corrected chi connectivity index (χ0v) is 15.2. The van der Waals surface area contributed by atoms with Crippen LogP contribution in [0.5, 0.6) is 34.5 Å². The summed E-state index contributed by atoms with van der Waals surface area (Å²) in [6.45, 7) is 0. The summed E-state index contributed by atoms with van der Waals surface area (Å²) in [6.07, 6.45) is 1.47. The van der Waals surface area contributed by atoms with E-state index in [1.165, 1.54) is 14.2 Å². The van der Waals surface area contributed by atoms with Crippen LogP contribution in [0, 0.1) is 0 Å². The second-order valence-electron chi connectivity index (χ2n) is 5.38. The van der Waals surface area contributed by atoms with Crippen molar-refractivity contribution in [2.75, 3.05) is 35.5 Å². The molecule has 0 unspecified atom stereocenters. The lowest BCUT2D eigenvalue weighted by atomic mass is 10.0. The van der Waals surface area contributed by atoms with Crippen molar-refractivity contribution in [3.8, 4) is 34.5 Å². The number of hydrogen-bond acceptors (Lipinski definition) is 6. The van der Waals surface area contributed by atoms with Gasteiger partial charge in [-0.05, 0) is 48.2 Å². The molecule has 25 heavy (non-hydrogen) atoms. The molecular formula is C19H24O6. The van der Waals surface area contributed by atoms with Crippen molar-refractivity contribution in [3.63, 3.8) is 0 Å². The Morgan fingerprint density at radius 2 is 0.960 bits per heavy atom. The summed E-state index contributed by atoms with van der Waals surface area (Å²) in [7, 11) is 7.79. The van der Waals surface area contributed by atoms with Crippen molar-refractivity contribution in [2.45, 2.75) is 12.8 Å². The first-order valence-corrected chi connectivity index (χ1v) is 7.80. The molecule has 0 aliphatic heterocycles. The molecule has 2 aromatic carbocycles. The minimum Gasteiger partial charge on any atom is -0.502 e. The second kappa shape index (κ2) is 8.37. The van der Waals surface area contributed by atoms with E-state index >= 15 is 0 Å². The SMILES string of the molecule is COc1cc(CCc2cc(OC)c(OC)c(OC)c2)cc(OC)c1O. The number of hydrogen-bond donors (Lipinski definition) is 1. The van der Waals surface area contributed by atoms with Crippen LogP contribution in [0.3, 0.4) is 0 Å². The summed E-state index contributed by atoms with van der Waals surface area (Å²) in [4.78, 5) is 0. The number of methoxy groups -OCH3 is 5. The van der Waals surface area contributed by atoms with Gasteiger partial charge >= 0.3 is 0 Å². The molecule has 0 spiro atoms. The number of rotatable bonds is 8. The van der Waals surface area contributed by atoms with Gasteiger partial charge in [0.1, 0.15) is 0 Å². The number of ether oxygens (including phenoxy) is 5. The maximum Gasteiger partial charge on any atom is 0.203 e. The Kier molecular flexibility index (Phi) is 6.22. The molecule has 0 saturated heterocycles. The van der Waals surface area contributed by atoms with Crippen LogP contribution in [0.25, 0.3) is 0 Å². The van der Waals surface area contributed by atoms with Gasteiger partial charge in [-0.3, -0.25) is 0 Å². The van der Waals surface area contributed by atoms with Crippen LogP contribution in [-0.2, 0) is 12.8 Å². The lowest BCUT2D eigenvalue weighted by Gasteiger charge is -2.15. The predicted molar refractivity (Wildman–Crippen MR) is 94.7 cm³/mol. The monoisotopic (exact) mass is 348 g/mol. The van der Waals surface area contributed by atoms with E-state index in [0.29, 0.717) is 28.7 Å². The number of phenolic OH excluding ortho intramolecular Hbond substituents is 1. The molecule has 0 amide bonds. The molecule has 1 N–H and O–H groups in total. The molecule has 0 aromatic heterocycles. The molecular weight excluding hydrogens is 324 g/mol. The summed E-state index contributed by atoms with van der Waals surface area (Å²) >= 11 is 0. The first-order chi connectivity index (χ1) is 12.1. The summed E-state index contributed by atoms with van der Waals surface area (Å²) in [6, 6.07) is 7.46. The summed E-state index contributed by atoms with van der Waals surface area (Å²) in [5.41, 5.74) is 2.03. The fraction of sp³-hybridized carbons (Fsp3) is 0.368. The summed E-state index contributed by atoms with van der Waals surface area (Å²) in [5, 5.41) is 10.00. The smallest absolute Gasteiger partial charge is 0.203 e. The lowest BCUT2D eigenvalue weighted by molar-refractivity contribution is 0.324. The van der Waals surface area contributed by atoms with Crippen molar-refractivity contribution in [1.82, 2.24) is 0 Å². The predicted octanol–water partition coefficient (Wildman–Crippen LogP) is 3.22. The highest BCUT2D eigenvalue weighted by Crippen LogP contribution is 2.39.